The Morgan fingerprint density at radius 3 is 2.24 bits per heavy atom. The minimum absolute atomic E-state index is 0.00272. The lowest BCUT2D eigenvalue weighted by Gasteiger charge is -2.17. The molecule has 8 nitrogen and oxygen atoms in total. The first kappa shape index (κ1) is 25.1. The molecular weight excluding hydrogens is 436 g/mol. The molecule has 0 bridgehead atoms. The lowest BCUT2D eigenvalue weighted by atomic mass is 10.0. The maximum Gasteiger partial charge on any atom is 0.278 e. The fraction of sp³-hybridized carbons (Fsp3) is 0.385. The van der Waals surface area contributed by atoms with Gasteiger partial charge in [0.1, 0.15) is 22.9 Å². The van der Waals surface area contributed by atoms with Crippen LogP contribution in [-0.4, -0.2) is 56.8 Å². The number of benzene rings is 2. The second-order valence-corrected chi connectivity index (χ2v) is 8.00. The van der Waals surface area contributed by atoms with Crippen molar-refractivity contribution in [1.82, 2.24) is 4.90 Å². The van der Waals surface area contributed by atoms with E-state index in [-0.39, 0.29) is 36.4 Å². The summed E-state index contributed by atoms with van der Waals surface area (Å²) in [5.74, 6) is 1.000. The van der Waals surface area contributed by atoms with Gasteiger partial charge in [0.15, 0.2) is 0 Å². The van der Waals surface area contributed by atoms with Crippen molar-refractivity contribution in [2.24, 2.45) is 0 Å². The largest absolute Gasteiger partial charge is 0.497 e. The van der Waals surface area contributed by atoms with E-state index < -0.39 is 5.91 Å². The molecule has 0 saturated heterocycles. The summed E-state index contributed by atoms with van der Waals surface area (Å²) < 4.78 is 21.9. The van der Waals surface area contributed by atoms with E-state index in [2.05, 4.69) is 5.32 Å². The molecule has 182 valence electrons. The van der Waals surface area contributed by atoms with E-state index >= 15 is 0 Å². The first-order chi connectivity index (χ1) is 16.4. The van der Waals surface area contributed by atoms with Gasteiger partial charge in [-0.2, -0.15) is 0 Å². The van der Waals surface area contributed by atoms with Gasteiger partial charge < -0.3 is 24.3 Å². The topological polar surface area (TPSA) is 86.3 Å². The van der Waals surface area contributed by atoms with E-state index in [0.29, 0.717) is 35.1 Å². The zero-order chi connectivity index (χ0) is 24.7. The van der Waals surface area contributed by atoms with Crippen molar-refractivity contribution in [2.45, 2.75) is 33.3 Å². The smallest absolute Gasteiger partial charge is 0.278 e. The van der Waals surface area contributed by atoms with Gasteiger partial charge in [0.25, 0.3) is 11.8 Å². The summed E-state index contributed by atoms with van der Waals surface area (Å²) in [4.78, 5) is 27.9. The highest BCUT2D eigenvalue weighted by molar-refractivity contribution is 6.36. The minimum Gasteiger partial charge on any atom is -0.497 e. The predicted octanol–water partition coefficient (Wildman–Crippen LogP) is 4.11. The molecule has 0 atom stereocenters. The van der Waals surface area contributed by atoms with E-state index in [1.165, 1.54) is 12.0 Å². The summed E-state index contributed by atoms with van der Waals surface area (Å²) in [5, 5.41) is 3.13. The van der Waals surface area contributed by atoms with Gasteiger partial charge in [-0.15, -0.1) is 0 Å². The number of ether oxygens (including phenoxy) is 4. The highest BCUT2D eigenvalue weighted by Gasteiger charge is 2.39. The zero-order valence-electron chi connectivity index (χ0n) is 20.3. The van der Waals surface area contributed by atoms with Gasteiger partial charge in [-0.25, -0.2) is 0 Å². The Balaban J connectivity index is 1.98. The molecule has 3 rings (SSSR count). The first-order valence-electron chi connectivity index (χ1n) is 11.3. The van der Waals surface area contributed by atoms with Gasteiger partial charge in [-0.1, -0.05) is 19.1 Å². The summed E-state index contributed by atoms with van der Waals surface area (Å²) in [5.41, 5.74) is 1.62. The molecule has 0 aromatic heterocycles. The lowest BCUT2D eigenvalue weighted by molar-refractivity contribution is -0.137. The molecule has 34 heavy (non-hydrogen) atoms. The molecular formula is C26H32N2O6. The van der Waals surface area contributed by atoms with Crippen LogP contribution >= 0.6 is 0 Å². The summed E-state index contributed by atoms with van der Waals surface area (Å²) in [6.45, 7) is 6.86. The Hall–Kier alpha value is -3.52. The fourth-order valence-corrected chi connectivity index (χ4v) is 3.52. The molecule has 2 amide bonds. The molecule has 2 aromatic rings. The Bertz CT molecular complexity index is 1050. The summed E-state index contributed by atoms with van der Waals surface area (Å²) in [6, 6.07) is 12.4. The molecule has 0 saturated carbocycles. The molecule has 0 aliphatic carbocycles. The van der Waals surface area contributed by atoms with Crippen molar-refractivity contribution < 1.29 is 28.5 Å². The Kier molecular flexibility index (Phi) is 8.54. The standard InChI is InChI=1S/C26H32N2O6/c1-6-14-34-19-9-7-18(8-10-19)23-24(26(30)28(25(23)29)13-15-33-17(2)3)27-21-12-11-20(31-4)16-22(21)32-5/h7-12,16-17,27H,6,13-15H2,1-5H3. The highest BCUT2D eigenvalue weighted by Crippen LogP contribution is 2.35. The molecule has 2 aromatic carbocycles. The van der Waals surface area contributed by atoms with Crippen LogP contribution in [0.15, 0.2) is 48.2 Å². The van der Waals surface area contributed by atoms with Crippen molar-refractivity contribution in [3.63, 3.8) is 0 Å². The van der Waals surface area contributed by atoms with Gasteiger partial charge in [0.2, 0.25) is 0 Å². The van der Waals surface area contributed by atoms with Crippen LogP contribution in [0.4, 0.5) is 5.69 Å². The van der Waals surface area contributed by atoms with Gasteiger partial charge >= 0.3 is 0 Å². The number of methoxy groups -OCH3 is 2. The summed E-state index contributed by atoms with van der Waals surface area (Å²) in [6.07, 6.45) is 0.891. The summed E-state index contributed by atoms with van der Waals surface area (Å²) >= 11 is 0. The monoisotopic (exact) mass is 468 g/mol. The van der Waals surface area contributed by atoms with Crippen LogP contribution in [0.2, 0.25) is 0 Å². The zero-order valence-corrected chi connectivity index (χ0v) is 20.3. The number of amides is 2. The van der Waals surface area contributed by atoms with E-state index in [1.807, 2.05) is 20.8 Å². The molecule has 8 heteroatoms. The Morgan fingerprint density at radius 2 is 1.62 bits per heavy atom. The van der Waals surface area contributed by atoms with Crippen molar-refractivity contribution >= 4 is 23.1 Å². The third-order valence-electron chi connectivity index (χ3n) is 5.22. The molecule has 1 N–H and O–H groups in total. The number of nitrogens with one attached hydrogen (secondary N) is 1. The van der Waals surface area contributed by atoms with Crippen molar-refractivity contribution in [2.75, 3.05) is 39.3 Å². The molecule has 1 heterocycles. The normalized spacial score (nSPS) is 13.6. The van der Waals surface area contributed by atoms with Crippen LogP contribution < -0.4 is 19.5 Å². The third kappa shape index (κ3) is 5.69. The van der Waals surface area contributed by atoms with Crippen LogP contribution in [-0.2, 0) is 14.3 Å². The number of imide groups is 1. The Morgan fingerprint density at radius 1 is 0.912 bits per heavy atom. The molecule has 1 aliphatic rings. The molecule has 0 radical (unpaired) electrons. The number of carbonyl (C=O) groups excluding carboxylic acids is 2. The van der Waals surface area contributed by atoms with E-state index in [1.54, 1.807) is 49.6 Å². The fourth-order valence-electron chi connectivity index (χ4n) is 3.52. The number of anilines is 1. The number of rotatable bonds is 12. The predicted molar refractivity (Wildman–Crippen MR) is 130 cm³/mol. The van der Waals surface area contributed by atoms with Gasteiger partial charge in [0, 0.05) is 6.07 Å². The average molecular weight is 469 g/mol. The van der Waals surface area contributed by atoms with E-state index in [0.717, 1.165) is 6.42 Å². The highest BCUT2D eigenvalue weighted by atomic mass is 16.5. The number of hydrogen-bond acceptors (Lipinski definition) is 7. The first-order valence-corrected chi connectivity index (χ1v) is 11.3. The second kappa shape index (κ2) is 11.6. The Labute approximate surface area is 200 Å². The van der Waals surface area contributed by atoms with Gasteiger partial charge in [0.05, 0.1) is 51.3 Å². The van der Waals surface area contributed by atoms with Crippen LogP contribution in [0.25, 0.3) is 5.57 Å². The third-order valence-corrected chi connectivity index (χ3v) is 5.22. The maximum atomic E-state index is 13.4. The number of carbonyl (C=O) groups is 2. The molecule has 0 unspecified atom stereocenters. The van der Waals surface area contributed by atoms with Crippen LogP contribution in [0, 0.1) is 0 Å². The van der Waals surface area contributed by atoms with Crippen molar-refractivity contribution in [3.05, 3.63) is 53.7 Å². The summed E-state index contributed by atoms with van der Waals surface area (Å²) in [7, 11) is 3.09. The maximum absolute atomic E-state index is 13.4. The average Bonchev–Trinajstić information content (AvgIpc) is 3.07. The quantitative estimate of drug-likeness (QED) is 0.469. The van der Waals surface area contributed by atoms with E-state index in [4.69, 9.17) is 18.9 Å². The minimum atomic E-state index is -0.420. The molecule has 0 fully saturated rings. The van der Waals surface area contributed by atoms with Crippen LogP contribution in [0.3, 0.4) is 0 Å². The van der Waals surface area contributed by atoms with Crippen molar-refractivity contribution in [3.8, 4) is 17.2 Å². The van der Waals surface area contributed by atoms with Gasteiger partial charge in [-0.05, 0) is 50.1 Å². The molecule has 0 spiro atoms. The second-order valence-electron chi connectivity index (χ2n) is 8.00. The van der Waals surface area contributed by atoms with Crippen LogP contribution in [0.1, 0.15) is 32.8 Å². The number of hydrogen-bond donors (Lipinski definition) is 1. The molecule has 1 aliphatic heterocycles. The lowest BCUT2D eigenvalue weighted by Crippen LogP contribution is -2.35. The van der Waals surface area contributed by atoms with Gasteiger partial charge in [-0.3, -0.25) is 14.5 Å². The van der Waals surface area contributed by atoms with Crippen molar-refractivity contribution in [1.29, 1.82) is 0 Å². The SMILES string of the molecule is CCCOc1ccc(C2=C(Nc3ccc(OC)cc3OC)C(=O)N(CCOC(C)C)C2=O)cc1. The van der Waals surface area contributed by atoms with Crippen LogP contribution in [0.5, 0.6) is 17.2 Å². The van der Waals surface area contributed by atoms with E-state index in [9.17, 15) is 9.59 Å². The number of nitrogens with zero attached hydrogens (tertiary/aromatic N) is 1.